The van der Waals surface area contributed by atoms with E-state index in [1.165, 1.54) is 18.2 Å². The number of rotatable bonds is 5. The van der Waals surface area contributed by atoms with Gasteiger partial charge in [-0.2, -0.15) is 0 Å². The quantitative estimate of drug-likeness (QED) is 0.740. The Hall–Kier alpha value is -2.42. The van der Waals surface area contributed by atoms with Crippen LogP contribution < -0.4 is 10.6 Å². The van der Waals surface area contributed by atoms with Gasteiger partial charge in [0.2, 0.25) is 0 Å². The fraction of sp³-hybridized carbons (Fsp3) is 0.308. The van der Waals surface area contributed by atoms with Crippen LogP contribution in [0.2, 0.25) is 0 Å². The van der Waals surface area contributed by atoms with Crippen LogP contribution in [-0.2, 0) is 19.4 Å². The molecule has 0 radical (unpaired) electrons. The number of esters is 1. The molecule has 0 saturated carbocycles. The fourth-order valence-corrected chi connectivity index (χ4v) is 2.10. The topological polar surface area (TPSA) is 119 Å². The van der Waals surface area contributed by atoms with Gasteiger partial charge in [0.15, 0.2) is 16.4 Å². The SMILES string of the molecule is CCNC(=O)NC(=O)COC(=O)c1cccc(S(C)(=O)=O)c1. The molecule has 3 amide bonds. The van der Waals surface area contributed by atoms with E-state index in [1.807, 2.05) is 5.32 Å². The number of carbonyl (C=O) groups excluding carboxylic acids is 3. The standard InChI is InChI=1S/C13H16N2O6S/c1-3-14-13(18)15-11(16)8-21-12(17)9-5-4-6-10(7-9)22(2,19)20/h4-7H,3,8H2,1-2H3,(H2,14,15,16,18). The number of hydrogen-bond acceptors (Lipinski definition) is 6. The van der Waals surface area contributed by atoms with Gasteiger partial charge >= 0.3 is 12.0 Å². The second-order valence-electron chi connectivity index (χ2n) is 4.28. The van der Waals surface area contributed by atoms with Crippen LogP contribution in [0.5, 0.6) is 0 Å². The second kappa shape index (κ2) is 7.55. The zero-order valence-corrected chi connectivity index (χ0v) is 12.9. The van der Waals surface area contributed by atoms with Crippen molar-refractivity contribution in [3.63, 3.8) is 0 Å². The lowest BCUT2D eigenvalue weighted by Gasteiger charge is -2.07. The van der Waals surface area contributed by atoms with Crippen molar-refractivity contribution in [3.05, 3.63) is 29.8 Å². The summed E-state index contributed by atoms with van der Waals surface area (Å²) in [6, 6.07) is 4.55. The Morgan fingerprint density at radius 1 is 1.23 bits per heavy atom. The molecule has 8 nitrogen and oxygen atoms in total. The van der Waals surface area contributed by atoms with Crippen LogP contribution in [0.4, 0.5) is 4.79 Å². The first-order valence-corrected chi connectivity index (χ1v) is 8.18. The molecule has 0 aliphatic heterocycles. The molecule has 120 valence electrons. The van der Waals surface area contributed by atoms with Gasteiger partial charge in [0, 0.05) is 12.8 Å². The minimum absolute atomic E-state index is 0.00580. The first kappa shape index (κ1) is 17.6. The van der Waals surface area contributed by atoms with E-state index in [9.17, 15) is 22.8 Å². The molecule has 22 heavy (non-hydrogen) atoms. The largest absolute Gasteiger partial charge is 0.452 e. The van der Waals surface area contributed by atoms with Crippen LogP contribution in [-0.4, -0.2) is 45.7 Å². The van der Waals surface area contributed by atoms with Gasteiger partial charge in [-0.15, -0.1) is 0 Å². The highest BCUT2D eigenvalue weighted by Gasteiger charge is 2.14. The normalized spacial score (nSPS) is 10.6. The van der Waals surface area contributed by atoms with E-state index in [2.05, 4.69) is 5.32 Å². The number of sulfone groups is 1. The van der Waals surface area contributed by atoms with Crippen LogP contribution in [0.25, 0.3) is 0 Å². The Balaban J connectivity index is 2.63. The molecule has 0 heterocycles. The number of amides is 3. The second-order valence-corrected chi connectivity index (χ2v) is 6.30. The molecule has 1 aromatic carbocycles. The van der Waals surface area contributed by atoms with Crippen molar-refractivity contribution in [1.82, 2.24) is 10.6 Å². The van der Waals surface area contributed by atoms with Crippen LogP contribution in [0.3, 0.4) is 0 Å². The van der Waals surface area contributed by atoms with Gasteiger partial charge in [-0.05, 0) is 25.1 Å². The zero-order valence-electron chi connectivity index (χ0n) is 12.1. The number of ether oxygens (including phenoxy) is 1. The maximum atomic E-state index is 11.7. The number of urea groups is 1. The minimum Gasteiger partial charge on any atom is -0.452 e. The van der Waals surface area contributed by atoms with Gasteiger partial charge in [0.05, 0.1) is 10.5 Å². The highest BCUT2D eigenvalue weighted by molar-refractivity contribution is 7.90. The predicted molar refractivity (Wildman–Crippen MR) is 77.0 cm³/mol. The van der Waals surface area contributed by atoms with Crippen molar-refractivity contribution >= 4 is 27.7 Å². The number of hydrogen-bond donors (Lipinski definition) is 2. The van der Waals surface area contributed by atoms with Crippen molar-refractivity contribution in [2.24, 2.45) is 0 Å². The Morgan fingerprint density at radius 3 is 2.50 bits per heavy atom. The smallest absolute Gasteiger partial charge is 0.338 e. The molecule has 0 saturated heterocycles. The Kier molecular flexibility index (Phi) is 6.05. The van der Waals surface area contributed by atoms with Gasteiger partial charge in [0.1, 0.15) is 0 Å². The molecule has 0 atom stereocenters. The maximum Gasteiger partial charge on any atom is 0.338 e. The van der Waals surface area contributed by atoms with Gasteiger partial charge in [-0.3, -0.25) is 10.1 Å². The molecule has 9 heteroatoms. The molecular formula is C13H16N2O6S. The van der Waals surface area contributed by atoms with E-state index in [-0.39, 0.29) is 10.5 Å². The lowest BCUT2D eigenvalue weighted by atomic mass is 10.2. The summed E-state index contributed by atoms with van der Waals surface area (Å²) in [4.78, 5) is 34.1. The summed E-state index contributed by atoms with van der Waals surface area (Å²) >= 11 is 0. The molecule has 0 bridgehead atoms. The lowest BCUT2D eigenvalue weighted by molar-refractivity contribution is -0.123. The summed E-state index contributed by atoms with van der Waals surface area (Å²) in [5.41, 5.74) is -0.00580. The van der Waals surface area contributed by atoms with Crippen molar-refractivity contribution in [1.29, 1.82) is 0 Å². The monoisotopic (exact) mass is 328 g/mol. The molecule has 1 aromatic rings. The van der Waals surface area contributed by atoms with Gasteiger partial charge in [-0.1, -0.05) is 6.07 Å². The first-order valence-electron chi connectivity index (χ1n) is 6.29. The van der Waals surface area contributed by atoms with E-state index < -0.39 is 34.4 Å². The molecule has 1 rings (SSSR count). The Labute approximate surface area is 127 Å². The van der Waals surface area contributed by atoms with Gasteiger partial charge in [-0.25, -0.2) is 18.0 Å². The zero-order chi connectivity index (χ0) is 16.8. The molecule has 0 spiro atoms. The number of benzene rings is 1. The maximum absolute atomic E-state index is 11.7. The minimum atomic E-state index is -3.45. The fourth-order valence-electron chi connectivity index (χ4n) is 1.44. The van der Waals surface area contributed by atoms with Crippen LogP contribution in [0, 0.1) is 0 Å². The molecule has 0 aliphatic carbocycles. The van der Waals surface area contributed by atoms with E-state index >= 15 is 0 Å². The van der Waals surface area contributed by atoms with E-state index in [0.717, 1.165) is 12.3 Å². The first-order chi connectivity index (χ1) is 10.2. The van der Waals surface area contributed by atoms with Gasteiger partial charge in [0.25, 0.3) is 5.91 Å². The average Bonchev–Trinajstić information content (AvgIpc) is 2.44. The third-order valence-corrected chi connectivity index (χ3v) is 3.53. The Morgan fingerprint density at radius 2 is 1.91 bits per heavy atom. The Bertz CT molecular complexity index is 684. The molecular weight excluding hydrogens is 312 g/mol. The molecule has 0 unspecified atom stereocenters. The van der Waals surface area contributed by atoms with E-state index in [1.54, 1.807) is 6.92 Å². The molecule has 0 fully saturated rings. The third kappa shape index (κ3) is 5.52. The summed E-state index contributed by atoms with van der Waals surface area (Å²) in [5, 5.41) is 4.30. The number of imide groups is 1. The molecule has 0 aliphatic rings. The van der Waals surface area contributed by atoms with Gasteiger partial charge < -0.3 is 10.1 Å². The van der Waals surface area contributed by atoms with E-state index in [4.69, 9.17) is 4.74 Å². The lowest BCUT2D eigenvalue weighted by Crippen LogP contribution is -2.41. The summed E-state index contributed by atoms with van der Waals surface area (Å²) in [6.45, 7) is 1.37. The van der Waals surface area contributed by atoms with E-state index in [0.29, 0.717) is 6.54 Å². The highest BCUT2D eigenvalue weighted by Crippen LogP contribution is 2.12. The number of nitrogens with one attached hydrogen (secondary N) is 2. The summed E-state index contributed by atoms with van der Waals surface area (Å²) < 4.78 is 27.5. The van der Waals surface area contributed by atoms with Crippen molar-refractivity contribution in [2.45, 2.75) is 11.8 Å². The van der Waals surface area contributed by atoms with Crippen LogP contribution in [0.1, 0.15) is 17.3 Å². The summed E-state index contributed by atoms with van der Waals surface area (Å²) in [5.74, 6) is -1.66. The molecule has 2 N–H and O–H groups in total. The predicted octanol–water partition coefficient (Wildman–Crippen LogP) is 0.0926. The summed E-state index contributed by atoms with van der Waals surface area (Å²) in [6.07, 6.45) is 1.01. The third-order valence-electron chi connectivity index (χ3n) is 2.42. The number of carbonyl (C=O) groups is 3. The van der Waals surface area contributed by atoms with Crippen molar-refractivity contribution in [3.8, 4) is 0 Å². The van der Waals surface area contributed by atoms with Crippen LogP contribution in [0.15, 0.2) is 29.2 Å². The highest BCUT2D eigenvalue weighted by atomic mass is 32.2. The van der Waals surface area contributed by atoms with Crippen molar-refractivity contribution in [2.75, 3.05) is 19.4 Å². The van der Waals surface area contributed by atoms with Crippen LogP contribution >= 0.6 is 0 Å². The average molecular weight is 328 g/mol. The van der Waals surface area contributed by atoms with Crippen molar-refractivity contribution < 1.29 is 27.5 Å². The summed E-state index contributed by atoms with van der Waals surface area (Å²) in [7, 11) is -3.45. The molecule has 0 aromatic heterocycles.